The van der Waals surface area contributed by atoms with E-state index < -0.39 is 83.1 Å². The van der Waals surface area contributed by atoms with Gasteiger partial charge in [-0.2, -0.15) is 13.9 Å². The van der Waals surface area contributed by atoms with Gasteiger partial charge < -0.3 is 25.8 Å². The maximum absolute atomic E-state index is 15.4. The number of rotatable bonds is 12. The topological polar surface area (TPSA) is 159 Å². The monoisotopic (exact) mass is 861 g/mol. The predicted molar refractivity (Wildman–Crippen MR) is 213 cm³/mol. The number of benzene rings is 3. The van der Waals surface area contributed by atoms with Crippen molar-refractivity contribution in [3.05, 3.63) is 109 Å². The first kappa shape index (κ1) is 41.9. The number of nitrogens with zero attached hydrogens (tertiary/aromatic N) is 6. The number of amides is 1. The Morgan fingerprint density at radius 3 is 2.46 bits per heavy atom. The van der Waals surface area contributed by atoms with Crippen LogP contribution in [0.3, 0.4) is 0 Å². The van der Waals surface area contributed by atoms with Gasteiger partial charge in [0, 0.05) is 49.8 Å². The molecular weight excluding hydrogens is 824 g/mol. The van der Waals surface area contributed by atoms with Crippen LogP contribution in [0.5, 0.6) is 0 Å². The van der Waals surface area contributed by atoms with Crippen molar-refractivity contribution in [1.29, 1.82) is 0 Å². The van der Waals surface area contributed by atoms with Crippen LogP contribution < -0.4 is 26.8 Å². The molecule has 7 rings (SSSR count). The van der Waals surface area contributed by atoms with Crippen molar-refractivity contribution in [2.24, 2.45) is 16.0 Å². The van der Waals surface area contributed by atoms with E-state index in [0.717, 1.165) is 48.3 Å². The quantitative estimate of drug-likeness (QED) is 0.0557. The number of nitrogens with two attached hydrogens (primary N) is 1. The zero-order valence-electron chi connectivity index (χ0n) is 31.8. The molecule has 312 valence electrons. The molecule has 0 saturated carbocycles. The Kier molecular flexibility index (Phi) is 11.6. The Bertz CT molecular complexity index is 2520. The number of hydrogen-bond acceptors (Lipinski definition) is 8. The van der Waals surface area contributed by atoms with Crippen LogP contribution in [-0.4, -0.2) is 62.0 Å². The average molecular weight is 862 g/mol. The van der Waals surface area contributed by atoms with Crippen molar-refractivity contribution in [1.82, 2.24) is 24.6 Å². The zero-order valence-corrected chi connectivity index (χ0v) is 33.4. The van der Waals surface area contributed by atoms with Gasteiger partial charge in [0.05, 0.1) is 50.3 Å². The smallest absolute Gasteiger partial charge is 0.292 e. The lowest BCUT2D eigenvalue weighted by molar-refractivity contribution is -0.123. The Labute approximate surface area is 341 Å². The van der Waals surface area contributed by atoms with E-state index in [9.17, 15) is 31.7 Å². The van der Waals surface area contributed by atoms with Gasteiger partial charge in [0.2, 0.25) is 5.91 Å². The molecule has 1 aliphatic heterocycles. The van der Waals surface area contributed by atoms with Crippen LogP contribution >= 0.6 is 11.6 Å². The van der Waals surface area contributed by atoms with Crippen molar-refractivity contribution >= 4 is 57.0 Å². The predicted octanol–water partition coefficient (Wildman–Crippen LogP) is 6.48. The summed E-state index contributed by atoms with van der Waals surface area (Å²) < 4.78 is 106. The molecule has 5 aromatic rings. The molecule has 20 heteroatoms. The second kappa shape index (κ2) is 16.4. The second-order valence-corrected chi connectivity index (χ2v) is 15.9. The van der Waals surface area contributed by atoms with Gasteiger partial charge in [0.25, 0.3) is 17.9 Å². The second-order valence-electron chi connectivity index (χ2n) is 14.5. The fourth-order valence-corrected chi connectivity index (χ4v) is 8.49. The highest BCUT2D eigenvalue weighted by atomic mass is 35.5. The maximum Gasteiger partial charge on any atom is 0.292 e. The largest absolute Gasteiger partial charge is 0.591 e. The molecule has 12 nitrogen and oxygen atoms in total. The van der Waals surface area contributed by atoms with Crippen LogP contribution in [0, 0.1) is 17.6 Å². The number of fused-ring (bicyclic) bond motifs is 2. The normalized spacial score (nSPS) is 17.5. The summed E-state index contributed by atoms with van der Waals surface area (Å²) in [7, 11) is 1.50. The van der Waals surface area contributed by atoms with Crippen LogP contribution in [0.15, 0.2) is 57.7 Å². The molecule has 3 heterocycles. The van der Waals surface area contributed by atoms with E-state index >= 15 is 8.78 Å². The molecule has 3 aromatic carbocycles. The summed E-state index contributed by atoms with van der Waals surface area (Å²) in [6.07, 6.45) is -0.818. The minimum atomic E-state index is -3.59. The first-order valence-electron chi connectivity index (χ1n) is 18.5. The molecule has 1 fully saturated rings. The number of alkyl halides is 4. The van der Waals surface area contributed by atoms with Crippen molar-refractivity contribution in [2.45, 2.75) is 57.5 Å². The fourth-order valence-electron chi connectivity index (χ4n) is 7.87. The molecule has 2 aromatic heterocycles. The Morgan fingerprint density at radius 2 is 1.81 bits per heavy atom. The van der Waals surface area contributed by atoms with Crippen molar-refractivity contribution < 1.29 is 35.7 Å². The number of carbonyl (C=O) groups excluding carboxylic acids is 1. The minimum Gasteiger partial charge on any atom is -0.591 e. The van der Waals surface area contributed by atoms with Gasteiger partial charge in [-0.25, -0.2) is 22.5 Å². The van der Waals surface area contributed by atoms with E-state index in [1.54, 1.807) is 18.2 Å². The van der Waals surface area contributed by atoms with Gasteiger partial charge in [-0.05, 0) is 71.7 Å². The first-order chi connectivity index (χ1) is 28.0. The fraction of sp³-hybridized carbons (Fsp3) is 0.359. The van der Waals surface area contributed by atoms with Crippen LogP contribution in [0.2, 0.25) is 5.02 Å². The lowest BCUT2D eigenvalue weighted by atomic mass is 10.0. The third-order valence-electron chi connectivity index (χ3n) is 10.5. The Hall–Kier alpha value is -5.27. The summed E-state index contributed by atoms with van der Waals surface area (Å²) in [6.45, 7) is 1.75. The molecule has 2 aliphatic rings. The van der Waals surface area contributed by atoms with Crippen LogP contribution in [0.25, 0.3) is 16.6 Å². The lowest BCUT2D eigenvalue weighted by Crippen LogP contribution is -2.38. The summed E-state index contributed by atoms with van der Waals surface area (Å²) in [5, 5.41) is 9.55. The minimum absolute atomic E-state index is 0.00674. The standard InChI is InChI=1S/C39H38ClF6N9O3S/c1-19-12-25-32(35(43)44)51-54(34(25)39(19,45)46)18-30(56)49-28(15-20-13-21(41)16-22(42)14-20)37-50-27-17-23(53-10-4-5-11-53)6-7-24(27)38(57)55(37)29-9-8-26(40)31(33(29)48-2)36(47)52-59(3)58/h6-9,13-14,16-17,19,28,35,48H,4-5,10-12,15,18H2,1-3H3,(H2,47,52)(H,49,56). The third kappa shape index (κ3) is 8.06. The van der Waals surface area contributed by atoms with Gasteiger partial charge in [0.15, 0.2) is 5.84 Å². The third-order valence-corrected chi connectivity index (χ3v) is 11.3. The van der Waals surface area contributed by atoms with Gasteiger partial charge >= 0.3 is 0 Å². The lowest BCUT2D eigenvalue weighted by Gasteiger charge is -2.26. The molecule has 3 unspecified atom stereocenters. The molecule has 0 spiro atoms. The van der Waals surface area contributed by atoms with Crippen molar-refractivity contribution in [3.8, 4) is 5.69 Å². The molecule has 0 radical (unpaired) electrons. The van der Waals surface area contributed by atoms with Gasteiger partial charge in [-0.1, -0.05) is 18.5 Å². The van der Waals surface area contributed by atoms with E-state index in [1.807, 2.05) is 0 Å². The average Bonchev–Trinajstić information content (AvgIpc) is 3.88. The van der Waals surface area contributed by atoms with Crippen LogP contribution in [-0.2, 0) is 41.5 Å². The molecule has 4 N–H and O–H groups in total. The summed E-state index contributed by atoms with van der Waals surface area (Å²) in [4.78, 5) is 36.0. The number of hydrogen-bond donors (Lipinski definition) is 3. The number of amidine groups is 1. The maximum atomic E-state index is 15.4. The Balaban J connectivity index is 1.45. The number of carbonyl (C=O) groups is 1. The molecular formula is C39H38ClF6N9O3S. The van der Waals surface area contributed by atoms with Gasteiger partial charge in [-0.3, -0.25) is 18.8 Å². The summed E-state index contributed by atoms with van der Waals surface area (Å²) >= 11 is 4.82. The van der Waals surface area contributed by atoms with E-state index in [2.05, 4.69) is 25.0 Å². The molecule has 1 aliphatic carbocycles. The van der Waals surface area contributed by atoms with Crippen molar-refractivity contribution in [3.63, 3.8) is 0 Å². The SMILES string of the molecule is CNc1c(-n2c(C(Cc3cc(F)cc(F)c3)NC(=O)Cn3nc(C(F)F)c4c3C(F)(F)C(C)C4)nc3cc(N4CCCC4)ccc3c2=O)ccc(Cl)c1C(N)=N[S+](C)[O-]. The number of anilines is 2. The van der Waals surface area contributed by atoms with E-state index in [0.29, 0.717) is 10.7 Å². The zero-order chi connectivity index (χ0) is 42.5. The summed E-state index contributed by atoms with van der Waals surface area (Å²) in [5.41, 5.74) is 4.79. The van der Waals surface area contributed by atoms with Gasteiger partial charge in [0.1, 0.15) is 41.6 Å². The molecule has 1 amide bonds. The van der Waals surface area contributed by atoms with Gasteiger partial charge in [-0.15, -0.1) is 0 Å². The summed E-state index contributed by atoms with van der Waals surface area (Å²) in [5.74, 6) is -8.29. The molecule has 1 saturated heterocycles. The first-order valence-corrected chi connectivity index (χ1v) is 20.4. The highest BCUT2D eigenvalue weighted by molar-refractivity contribution is 7.89. The van der Waals surface area contributed by atoms with Crippen molar-refractivity contribution in [2.75, 3.05) is 36.6 Å². The highest BCUT2D eigenvalue weighted by Crippen LogP contribution is 2.48. The van der Waals surface area contributed by atoms with E-state index in [4.69, 9.17) is 22.3 Å². The Morgan fingerprint density at radius 1 is 1.12 bits per heavy atom. The molecule has 3 atom stereocenters. The number of nitrogens with one attached hydrogen (secondary N) is 2. The molecule has 59 heavy (non-hydrogen) atoms. The number of aromatic nitrogens is 4. The van der Waals surface area contributed by atoms with Crippen LogP contribution in [0.1, 0.15) is 66.1 Å². The number of halogens is 7. The highest BCUT2D eigenvalue weighted by Gasteiger charge is 2.51. The molecule has 0 bridgehead atoms. The van der Waals surface area contributed by atoms with Crippen LogP contribution in [0.4, 0.5) is 37.7 Å². The van der Waals surface area contributed by atoms with E-state index in [1.165, 1.54) is 32.4 Å². The van der Waals surface area contributed by atoms with E-state index in [-0.39, 0.29) is 62.1 Å². The summed E-state index contributed by atoms with van der Waals surface area (Å²) in [6, 6.07) is 9.14.